The second-order valence-electron chi connectivity index (χ2n) is 7.19. The first-order valence-electron chi connectivity index (χ1n) is 9.92. The maximum Gasteiger partial charge on any atom is 0.229 e. The molecule has 148 valence electrons. The Morgan fingerprint density at radius 3 is 2.69 bits per heavy atom. The number of carbonyl (C=O) groups excluding carboxylic acids is 2. The predicted molar refractivity (Wildman–Crippen MR) is 115 cm³/mol. The van der Waals surface area contributed by atoms with E-state index in [0.717, 1.165) is 27.7 Å². The van der Waals surface area contributed by atoms with Gasteiger partial charge in [-0.05, 0) is 24.4 Å². The highest BCUT2D eigenvalue weighted by molar-refractivity contribution is 6.08. The number of fused-ring (bicyclic) bond motifs is 1. The number of hydrogen-bond acceptors (Lipinski definition) is 3. The SMILES string of the molecule is CCOCc1ccccc1NC(=O)C1CC(=O)N(c2cccc3ccccc23)C1. The van der Waals surface area contributed by atoms with E-state index in [9.17, 15) is 9.59 Å². The highest BCUT2D eigenvalue weighted by Gasteiger charge is 2.35. The van der Waals surface area contributed by atoms with Gasteiger partial charge in [0, 0.05) is 36.2 Å². The van der Waals surface area contributed by atoms with Crippen molar-refractivity contribution in [3.05, 3.63) is 72.3 Å². The molecule has 1 fully saturated rings. The number of amides is 2. The molecule has 4 rings (SSSR count). The minimum absolute atomic E-state index is 0.0240. The van der Waals surface area contributed by atoms with Crippen LogP contribution in [0.25, 0.3) is 10.8 Å². The number of nitrogens with one attached hydrogen (secondary N) is 1. The molecular weight excluding hydrogens is 364 g/mol. The van der Waals surface area contributed by atoms with Crippen LogP contribution in [0.5, 0.6) is 0 Å². The monoisotopic (exact) mass is 388 g/mol. The average molecular weight is 388 g/mol. The fourth-order valence-corrected chi connectivity index (χ4v) is 3.77. The second kappa shape index (κ2) is 8.45. The van der Waals surface area contributed by atoms with Crippen LogP contribution in [-0.4, -0.2) is 25.0 Å². The van der Waals surface area contributed by atoms with Crippen molar-refractivity contribution in [1.82, 2.24) is 0 Å². The van der Waals surface area contributed by atoms with Crippen LogP contribution in [0, 0.1) is 5.92 Å². The Morgan fingerprint density at radius 2 is 1.83 bits per heavy atom. The van der Waals surface area contributed by atoms with Crippen LogP contribution in [0.3, 0.4) is 0 Å². The normalized spacial score (nSPS) is 16.4. The predicted octanol–water partition coefficient (Wildman–Crippen LogP) is 4.37. The van der Waals surface area contributed by atoms with E-state index in [1.54, 1.807) is 4.90 Å². The number of para-hydroxylation sites is 1. The summed E-state index contributed by atoms with van der Waals surface area (Å²) in [5, 5.41) is 5.09. The minimum Gasteiger partial charge on any atom is -0.377 e. The third kappa shape index (κ3) is 4.00. The van der Waals surface area contributed by atoms with Gasteiger partial charge in [-0.25, -0.2) is 0 Å². The Kier molecular flexibility index (Phi) is 5.58. The Balaban J connectivity index is 1.52. The third-order valence-electron chi connectivity index (χ3n) is 5.29. The Bertz CT molecular complexity index is 1040. The van der Waals surface area contributed by atoms with Crippen molar-refractivity contribution in [3.63, 3.8) is 0 Å². The summed E-state index contributed by atoms with van der Waals surface area (Å²) in [6, 6.07) is 21.5. The molecule has 0 aromatic heterocycles. The number of nitrogens with zero attached hydrogens (tertiary/aromatic N) is 1. The van der Waals surface area contributed by atoms with E-state index >= 15 is 0 Å². The summed E-state index contributed by atoms with van der Waals surface area (Å²) >= 11 is 0. The van der Waals surface area contributed by atoms with Gasteiger partial charge in [0.15, 0.2) is 0 Å². The number of rotatable bonds is 6. The first-order chi connectivity index (χ1) is 14.2. The van der Waals surface area contributed by atoms with E-state index in [4.69, 9.17) is 4.74 Å². The lowest BCUT2D eigenvalue weighted by Gasteiger charge is -2.19. The first-order valence-corrected chi connectivity index (χ1v) is 9.92. The summed E-state index contributed by atoms with van der Waals surface area (Å²) in [6.07, 6.45) is 0.211. The molecule has 3 aromatic rings. The smallest absolute Gasteiger partial charge is 0.229 e. The molecule has 5 heteroatoms. The molecule has 1 aliphatic rings. The summed E-state index contributed by atoms with van der Waals surface area (Å²) in [6.45, 7) is 3.37. The zero-order chi connectivity index (χ0) is 20.2. The van der Waals surface area contributed by atoms with Crippen molar-refractivity contribution in [3.8, 4) is 0 Å². The number of ether oxygens (including phenoxy) is 1. The van der Waals surface area contributed by atoms with E-state index in [-0.39, 0.29) is 24.2 Å². The molecule has 0 bridgehead atoms. The van der Waals surface area contributed by atoms with Gasteiger partial charge in [0.2, 0.25) is 11.8 Å². The number of anilines is 2. The summed E-state index contributed by atoms with van der Waals surface area (Å²) in [7, 11) is 0. The molecular formula is C24H24N2O3. The number of benzene rings is 3. The van der Waals surface area contributed by atoms with Crippen molar-refractivity contribution < 1.29 is 14.3 Å². The van der Waals surface area contributed by atoms with Crippen molar-refractivity contribution in [1.29, 1.82) is 0 Å². The van der Waals surface area contributed by atoms with Crippen molar-refractivity contribution in [2.45, 2.75) is 20.0 Å². The molecule has 1 aliphatic heterocycles. The molecule has 0 spiro atoms. The van der Waals surface area contributed by atoms with Gasteiger partial charge in [-0.2, -0.15) is 0 Å². The minimum atomic E-state index is -0.387. The molecule has 1 heterocycles. The maximum atomic E-state index is 12.9. The highest BCUT2D eigenvalue weighted by Crippen LogP contribution is 2.32. The molecule has 1 N–H and O–H groups in total. The van der Waals surface area contributed by atoms with E-state index in [0.29, 0.717) is 19.8 Å². The molecule has 1 atom stereocenters. The average Bonchev–Trinajstić information content (AvgIpc) is 3.14. The molecule has 3 aromatic carbocycles. The number of hydrogen-bond donors (Lipinski definition) is 1. The van der Waals surface area contributed by atoms with Crippen LogP contribution in [0.2, 0.25) is 0 Å². The lowest BCUT2D eigenvalue weighted by atomic mass is 10.1. The van der Waals surface area contributed by atoms with Crippen LogP contribution in [0.1, 0.15) is 18.9 Å². The van der Waals surface area contributed by atoms with Gasteiger partial charge in [0.1, 0.15) is 0 Å². The number of carbonyl (C=O) groups is 2. The van der Waals surface area contributed by atoms with Crippen molar-refractivity contribution >= 4 is 34.0 Å². The molecule has 1 unspecified atom stereocenters. The molecule has 0 aliphatic carbocycles. The van der Waals surface area contributed by atoms with Gasteiger partial charge < -0.3 is 15.0 Å². The second-order valence-corrected chi connectivity index (χ2v) is 7.19. The zero-order valence-corrected chi connectivity index (χ0v) is 16.4. The molecule has 2 amide bonds. The lowest BCUT2D eigenvalue weighted by Crippen LogP contribution is -2.28. The Morgan fingerprint density at radius 1 is 1.07 bits per heavy atom. The molecule has 5 nitrogen and oxygen atoms in total. The summed E-state index contributed by atoms with van der Waals surface area (Å²) in [4.78, 5) is 27.4. The van der Waals surface area contributed by atoms with Crippen LogP contribution in [0.15, 0.2) is 66.7 Å². The fraction of sp³-hybridized carbons (Fsp3) is 0.250. The van der Waals surface area contributed by atoms with Crippen LogP contribution in [0.4, 0.5) is 11.4 Å². The largest absolute Gasteiger partial charge is 0.377 e. The highest BCUT2D eigenvalue weighted by atomic mass is 16.5. The zero-order valence-electron chi connectivity index (χ0n) is 16.4. The van der Waals surface area contributed by atoms with Gasteiger partial charge in [0.05, 0.1) is 18.2 Å². The van der Waals surface area contributed by atoms with Crippen LogP contribution in [-0.2, 0) is 20.9 Å². The van der Waals surface area contributed by atoms with E-state index in [1.165, 1.54) is 0 Å². The van der Waals surface area contributed by atoms with Crippen LogP contribution >= 0.6 is 0 Å². The van der Waals surface area contributed by atoms with Gasteiger partial charge in [-0.15, -0.1) is 0 Å². The molecule has 1 saturated heterocycles. The lowest BCUT2D eigenvalue weighted by molar-refractivity contribution is -0.122. The maximum absolute atomic E-state index is 12.9. The molecule has 0 saturated carbocycles. The summed E-state index contributed by atoms with van der Waals surface area (Å²) in [5.41, 5.74) is 2.53. The topological polar surface area (TPSA) is 58.6 Å². The van der Waals surface area contributed by atoms with Gasteiger partial charge in [-0.3, -0.25) is 9.59 Å². The van der Waals surface area contributed by atoms with Gasteiger partial charge >= 0.3 is 0 Å². The first kappa shape index (κ1) is 19.2. The van der Waals surface area contributed by atoms with Crippen LogP contribution < -0.4 is 10.2 Å². The molecule has 29 heavy (non-hydrogen) atoms. The Hall–Kier alpha value is -3.18. The van der Waals surface area contributed by atoms with E-state index in [1.807, 2.05) is 73.7 Å². The summed E-state index contributed by atoms with van der Waals surface area (Å²) < 4.78 is 5.49. The third-order valence-corrected chi connectivity index (χ3v) is 5.29. The standard InChI is InChI=1S/C24H24N2O3/c1-2-29-16-18-9-4-6-12-21(18)25-24(28)19-14-23(27)26(15-19)22-13-7-10-17-8-3-5-11-20(17)22/h3-13,19H,2,14-16H2,1H3,(H,25,28). The van der Waals surface area contributed by atoms with Crippen molar-refractivity contribution in [2.24, 2.45) is 5.92 Å². The van der Waals surface area contributed by atoms with E-state index in [2.05, 4.69) is 5.32 Å². The molecule has 0 radical (unpaired) electrons. The van der Waals surface area contributed by atoms with E-state index < -0.39 is 0 Å². The van der Waals surface area contributed by atoms with Crippen molar-refractivity contribution in [2.75, 3.05) is 23.4 Å². The fourth-order valence-electron chi connectivity index (χ4n) is 3.77. The van der Waals surface area contributed by atoms with Gasteiger partial charge in [0.25, 0.3) is 0 Å². The quantitative estimate of drug-likeness (QED) is 0.682. The van der Waals surface area contributed by atoms with Gasteiger partial charge in [-0.1, -0.05) is 54.6 Å². The Labute approximate surface area is 170 Å². The summed E-state index contributed by atoms with van der Waals surface area (Å²) in [5.74, 6) is -0.546.